The smallest absolute Gasteiger partial charge is 0.266 e. The highest BCUT2D eigenvalue weighted by Crippen LogP contribution is 2.16. The maximum absolute atomic E-state index is 11.8. The summed E-state index contributed by atoms with van der Waals surface area (Å²) in [5, 5.41) is 2.83. The average molecular weight is 246 g/mol. The van der Waals surface area contributed by atoms with Gasteiger partial charge in [-0.2, -0.15) is 0 Å². The Labute approximate surface area is 106 Å². The number of ether oxygens (including phenoxy) is 1. The van der Waals surface area contributed by atoms with Gasteiger partial charge in [0.1, 0.15) is 18.1 Å². The third-order valence-corrected chi connectivity index (χ3v) is 2.50. The first-order valence-corrected chi connectivity index (χ1v) is 5.62. The van der Waals surface area contributed by atoms with Gasteiger partial charge in [0.15, 0.2) is 6.54 Å². The van der Waals surface area contributed by atoms with Crippen LogP contribution in [0.2, 0.25) is 0 Å². The highest BCUT2D eigenvalue weighted by Gasteiger charge is 2.08. The molecule has 0 fully saturated rings. The van der Waals surface area contributed by atoms with Crippen molar-refractivity contribution in [1.29, 1.82) is 0 Å². The molecule has 0 aliphatic carbocycles. The second kappa shape index (κ2) is 5.35. The van der Waals surface area contributed by atoms with Crippen LogP contribution in [0.15, 0.2) is 43.0 Å². The molecule has 1 aromatic heterocycles. The molecule has 1 amide bonds. The van der Waals surface area contributed by atoms with Gasteiger partial charge in [0.05, 0.1) is 14.2 Å². The Morgan fingerprint density at radius 1 is 1.50 bits per heavy atom. The van der Waals surface area contributed by atoms with Gasteiger partial charge >= 0.3 is 0 Å². The molecule has 0 bridgehead atoms. The minimum Gasteiger partial charge on any atom is -0.497 e. The monoisotopic (exact) mass is 246 g/mol. The average Bonchev–Trinajstić information content (AvgIpc) is 2.74. The summed E-state index contributed by atoms with van der Waals surface area (Å²) >= 11 is 0. The molecule has 94 valence electrons. The summed E-state index contributed by atoms with van der Waals surface area (Å²) in [5.74, 6) is 0.652. The lowest BCUT2D eigenvalue weighted by atomic mass is 10.3. The Morgan fingerprint density at radius 3 is 3.00 bits per heavy atom. The fraction of sp³-hybridized carbons (Fsp3) is 0.231. The number of hydrogen-bond acceptors (Lipinski definition) is 2. The molecule has 0 radical (unpaired) electrons. The molecule has 0 saturated heterocycles. The van der Waals surface area contributed by atoms with E-state index in [4.69, 9.17) is 4.74 Å². The van der Waals surface area contributed by atoms with E-state index in [1.807, 2.05) is 53.1 Å². The standard InChI is InChI=1S/C13H15N3O2/c1-15-6-7-16(10-15)9-13(17)14-11-4-3-5-12(8-11)18-2/h3-8,10H,9H2,1-2H3/p+1. The molecule has 0 aliphatic rings. The van der Waals surface area contributed by atoms with Crippen LogP contribution in [0.25, 0.3) is 0 Å². The van der Waals surface area contributed by atoms with Gasteiger partial charge in [0.25, 0.3) is 5.91 Å². The number of methoxy groups -OCH3 is 1. The zero-order valence-corrected chi connectivity index (χ0v) is 10.5. The number of benzene rings is 1. The lowest BCUT2D eigenvalue weighted by molar-refractivity contribution is -0.671. The predicted octanol–water partition coefficient (Wildman–Crippen LogP) is 0.960. The number of anilines is 1. The van der Waals surface area contributed by atoms with Crippen LogP contribution in [0.5, 0.6) is 5.75 Å². The van der Waals surface area contributed by atoms with Crippen molar-refractivity contribution in [1.82, 2.24) is 4.57 Å². The van der Waals surface area contributed by atoms with Gasteiger partial charge in [-0.25, -0.2) is 9.13 Å². The molecule has 5 nitrogen and oxygen atoms in total. The van der Waals surface area contributed by atoms with E-state index in [0.29, 0.717) is 0 Å². The summed E-state index contributed by atoms with van der Waals surface area (Å²) in [6.45, 7) is 0.290. The lowest BCUT2D eigenvalue weighted by Gasteiger charge is -2.05. The first kappa shape index (κ1) is 12.2. The van der Waals surface area contributed by atoms with Crippen molar-refractivity contribution in [2.24, 2.45) is 7.05 Å². The minimum absolute atomic E-state index is 0.0700. The molecule has 0 aliphatic heterocycles. The summed E-state index contributed by atoms with van der Waals surface area (Å²) in [6.07, 6.45) is 5.59. The van der Waals surface area contributed by atoms with Crippen molar-refractivity contribution in [2.75, 3.05) is 12.4 Å². The van der Waals surface area contributed by atoms with Gasteiger partial charge in [0, 0.05) is 11.8 Å². The summed E-state index contributed by atoms with van der Waals surface area (Å²) in [4.78, 5) is 11.8. The van der Waals surface area contributed by atoms with Crippen molar-refractivity contribution in [3.8, 4) is 5.75 Å². The van der Waals surface area contributed by atoms with Crippen LogP contribution in [0.4, 0.5) is 5.69 Å². The third-order valence-electron chi connectivity index (χ3n) is 2.50. The molecule has 5 heteroatoms. The summed E-state index contributed by atoms with van der Waals surface area (Å²) in [5.41, 5.74) is 0.732. The van der Waals surface area contributed by atoms with E-state index in [9.17, 15) is 4.79 Å². The Balaban J connectivity index is 1.98. The summed E-state index contributed by atoms with van der Waals surface area (Å²) in [7, 11) is 3.51. The number of carbonyl (C=O) groups excluding carboxylic acids is 1. The van der Waals surface area contributed by atoms with Gasteiger partial charge < -0.3 is 10.1 Å². The Hall–Kier alpha value is -2.30. The molecule has 1 heterocycles. The van der Waals surface area contributed by atoms with E-state index in [2.05, 4.69) is 5.32 Å². The highest BCUT2D eigenvalue weighted by molar-refractivity contribution is 5.90. The van der Waals surface area contributed by atoms with Crippen molar-refractivity contribution in [3.05, 3.63) is 43.0 Å². The lowest BCUT2D eigenvalue weighted by Crippen LogP contribution is -2.25. The minimum atomic E-state index is -0.0700. The molecule has 1 N–H and O–H groups in total. The van der Waals surface area contributed by atoms with E-state index in [0.717, 1.165) is 11.4 Å². The quantitative estimate of drug-likeness (QED) is 0.817. The van der Waals surface area contributed by atoms with Crippen LogP contribution < -0.4 is 14.6 Å². The van der Waals surface area contributed by atoms with Gasteiger partial charge in [0.2, 0.25) is 6.33 Å². The number of rotatable bonds is 4. The van der Waals surface area contributed by atoms with Crippen LogP contribution in [0.1, 0.15) is 0 Å². The van der Waals surface area contributed by atoms with Crippen LogP contribution in [-0.4, -0.2) is 17.6 Å². The molecular formula is C13H16N3O2+. The SMILES string of the molecule is COc1cccc(NC(=O)Cn2cc[n+](C)c2)c1. The van der Waals surface area contributed by atoms with Gasteiger partial charge in [-0.15, -0.1) is 0 Å². The number of nitrogens with one attached hydrogen (secondary N) is 1. The van der Waals surface area contributed by atoms with E-state index >= 15 is 0 Å². The maximum Gasteiger partial charge on any atom is 0.266 e. The van der Waals surface area contributed by atoms with Crippen molar-refractivity contribution < 1.29 is 14.1 Å². The molecule has 0 saturated carbocycles. The molecular weight excluding hydrogens is 230 g/mol. The maximum atomic E-state index is 11.8. The summed E-state index contributed by atoms with van der Waals surface area (Å²) in [6, 6.07) is 7.29. The molecule has 2 rings (SSSR count). The topological polar surface area (TPSA) is 47.1 Å². The molecule has 0 unspecified atom stereocenters. The zero-order chi connectivity index (χ0) is 13.0. The van der Waals surface area contributed by atoms with Gasteiger partial charge in [-0.1, -0.05) is 6.07 Å². The number of carbonyl (C=O) groups is 1. The molecule has 1 aromatic carbocycles. The molecule has 0 atom stereocenters. The first-order chi connectivity index (χ1) is 8.67. The Morgan fingerprint density at radius 2 is 2.33 bits per heavy atom. The number of nitrogens with zero attached hydrogens (tertiary/aromatic N) is 2. The zero-order valence-electron chi connectivity index (χ0n) is 10.5. The first-order valence-electron chi connectivity index (χ1n) is 5.62. The normalized spacial score (nSPS) is 10.1. The summed E-state index contributed by atoms with van der Waals surface area (Å²) < 4.78 is 8.80. The highest BCUT2D eigenvalue weighted by atomic mass is 16.5. The van der Waals surface area contributed by atoms with E-state index in [1.54, 1.807) is 13.2 Å². The largest absolute Gasteiger partial charge is 0.497 e. The van der Waals surface area contributed by atoms with Crippen LogP contribution in [0, 0.1) is 0 Å². The fourth-order valence-electron chi connectivity index (χ4n) is 1.66. The van der Waals surface area contributed by atoms with Crippen molar-refractivity contribution in [2.45, 2.75) is 6.54 Å². The van der Waals surface area contributed by atoms with Gasteiger partial charge in [-0.05, 0) is 12.1 Å². The number of imidazole rings is 1. The molecule has 0 spiro atoms. The Bertz CT molecular complexity index is 549. The molecule has 18 heavy (non-hydrogen) atoms. The van der Waals surface area contributed by atoms with Crippen LogP contribution >= 0.6 is 0 Å². The van der Waals surface area contributed by atoms with E-state index in [1.165, 1.54) is 0 Å². The number of hydrogen-bond donors (Lipinski definition) is 1. The van der Waals surface area contributed by atoms with Crippen LogP contribution in [0.3, 0.4) is 0 Å². The van der Waals surface area contributed by atoms with E-state index in [-0.39, 0.29) is 12.5 Å². The van der Waals surface area contributed by atoms with E-state index < -0.39 is 0 Å². The van der Waals surface area contributed by atoms with Crippen LogP contribution in [-0.2, 0) is 18.4 Å². The molecule has 2 aromatic rings. The second-order valence-electron chi connectivity index (χ2n) is 4.03. The number of aryl methyl sites for hydroxylation is 1. The van der Waals surface area contributed by atoms with Crippen molar-refractivity contribution >= 4 is 11.6 Å². The number of amides is 1. The fourth-order valence-corrected chi connectivity index (χ4v) is 1.66. The van der Waals surface area contributed by atoms with Crippen molar-refractivity contribution in [3.63, 3.8) is 0 Å². The third kappa shape index (κ3) is 3.10. The number of aromatic nitrogens is 2. The van der Waals surface area contributed by atoms with Gasteiger partial charge in [-0.3, -0.25) is 4.79 Å². The second-order valence-corrected chi connectivity index (χ2v) is 4.03. The Kier molecular flexibility index (Phi) is 3.62. The predicted molar refractivity (Wildman–Crippen MR) is 67.2 cm³/mol.